The number of rotatable bonds is 2. The predicted molar refractivity (Wildman–Crippen MR) is 53.3 cm³/mol. The Bertz CT molecular complexity index is 368. The van der Waals surface area contributed by atoms with Crippen molar-refractivity contribution in [2.45, 2.75) is 18.9 Å². The molecule has 0 aliphatic carbocycles. The number of hydrogen-bond acceptors (Lipinski definition) is 5. The van der Waals surface area contributed by atoms with E-state index in [1.807, 2.05) is 6.07 Å². The highest BCUT2D eigenvalue weighted by Crippen LogP contribution is 2.15. The fourth-order valence-electron chi connectivity index (χ4n) is 1.57. The van der Waals surface area contributed by atoms with Crippen molar-refractivity contribution in [3.8, 4) is 11.9 Å². The summed E-state index contributed by atoms with van der Waals surface area (Å²) in [6, 6.07) is 1.97. The second-order valence-corrected chi connectivity index (χ2v) is 3.41. The Hall–Kier alpha value is -1.67. The topological polar surface area (TPSA) is 70.8 Å². The highest BCUT2D eigenvalue weighted by Gasteiger charge is 2.17. The summed E-state index contributed by atoms with van der Waals surface area (Å²) in [5.74, 6) is 0.341. The molecule has 0 radical (unpaired) electrons. The average Bonchev–Trinajstić information content (AvgIpc) is 2.31. The Kier molecular flexibility index (Phi) is 3.10. The quantitative estimate of drug-likeness (QED) is 0.758. The summed E-state index contributed by atoms with van der Waals surface area (Å²) in [6.07, 6.45) is 5.21. The van der Waals surface area contributed by atoms with E-state index >= 15 is 0 Å². The van der Waals surface area contributed by atoms with Crippen LogP contribution in [-0.4, -0.2) is 29.2 Å². The molecule has 2 heterocycles. The van der Waals surface area contributed by atoms with Crippen LogP contribution in [0.25, 0.3) is 0 Å². The summed E-state index contributed by atoms with van der Waals surface area (Å²) in [5, 5.41) is 12.0. The molecule has 1 saturated heterocycles. The molecule has 0 spiro atoms. The van der Waals surface area contributed by atoms with Gasteiger partial charge in [-0.25, -0.2) is 9.97 Å². The van der Waals surface area contributed by atoms with E-state index in [1.54, 1.807) is 0 Å². The van der Waals surface area contributed by atoms with Crippen LogP contribution in [0.15, 0.2) is 12.4 Å². The molecule has 2 rings (SSSR count). The van der Waals surface area contributed by atoms with Gasteiger partial charge in [-0.15, -0.1) is 0 Å². The first-order valence-electron chi connectivity index (χ1n) is 4.98. The van der Waals surface area contributed by atoms with E-state index in [2.05, 4.69) is 15.3 Å². The zero-order valence-electron chi connectivity index (χ0n) is 8.31. The molecule has 1 N–H and O–H groups in total. The fraction of sp³-hybridized carbons (Fsp3) is 0.500. The van der Waals surface area contributed by atoms with Crippen LogP contribution in [0.2, 0.25) is 0 Å². The molecule has 0 bridgehead atoms. The van der Waals surface area contributed by atoms with Gasteiger partial charge in [0.1, 0.15) is 12.2 Å². The van der Waals surface area contributed by atoms with Gasteiger partial charge in [-0.3, -0.25) is 0 Å². The summed E-state index contributed by atoms with van der Waals surface area (Å²) in [7, 11) is 0. The number of ether oxygens (including phenoxy) is 1. The van der Waals surface area contributed by atoms with Crippen molar-refractivity contribution in [2.75, 3.05) is 13.1 Å². The minimum absolute atomic E-state index is 0.0996. The number of nitrogens with zero attached hydrogens (tertiary/aromatic N) is 3. The van der Waals surface area contributed by atoms with E-state index < -0.39 is 0 Å². The van der Waals surface area contributed by atoms with Crippen LogP contribution < -0.4 is 10.1 Å². The Morgan fingerprint density at radius 1 is 1.47 bits per heavy atom. The zero-order valence-corrected chi connectivity index (χ0v) is 8.31. The highest BCUT2D eigenvalue weighted by atomic mass is 16.5. The average molecular weight is 204 g/mol. The third-order valence-corrected chi connectivity index (χ3v) is 2.30. The second-order valence-electron chi connectivity index (χ2n) is 3.41. The molecular formula is C10H12N4O. The maximum atomic E-state index is 8.80. The lowest BCUT2D eigenvalue weighted by Gasteiger charge is -2.23. The fourth-order valence-corrected chi connectivity index (χ4v) is 1.57. The number of piperidine rings is 1. The maximum absolute atomic E-state index is 8.80. The molecule has 0 saturated carbocycles. The van der Waals surface area contributed by atoms with Crippen molar-refractivity contribution >= 4 is 0 Å². The Labute approximate surface area is 88.1 Å². The number of nitriles is 1. The molecule has 1 aliphatic rings. The lowest BCUT2D eigenvalue weighted by Crippen LogP contribution is -2.37. The molecule has 1 aromatic heterocycles. The molecule has 15 heavy (non-hydrogen) atoms. The number of nitrogens with one attached hydrogen (secondary N) is 1. The molecule has 5 nitrogen and oxygen atoms in total. The van der Waals surface area contributed by atoms with Crippen LogP contribution >= 0.6 is 0 Å². The first kappa shape index (κ1) is 9.87. The number of hydrogen-bond donors (Lipinski definition) is 1. The lowest BCUT2D eigenvalue weighted by molar-refractivity contribution is 0.159. The molecule has 78 valence electrons. The van der Waals surface area contributed by atoms with Crippen molar-refractivity contribution < 1.29 is 4.74 Å². The molecule has 0 unspecified atom stereocenters. The van der Waals surface area contributed by atoms with Crippen LogP contribution in [0, 0.1) is 11.3 Å². The van der Waals surface area contributed by atoms with Crippen molar-refractivity contribution in [2.24, 2.45) is 0 Å². The SMILES string of the molecule is N#Cc1nccnc1O[C@H]1CCCNC1. The Balaban J connectivity index is 2.06. The van der Waals surface area contributed by atoms with Gasteiger partial charge in [0.25, 0.3) is 5.88 Å². The van der Waals surface area contributed by atoms with Crippen LogP contribution in [0.3, 0.4) is 0 Å². The van der Waals surface area contributed by atoms with Crippen LogP contribution in [0.5, 0.6) is 5.88 Å². The number of aromatic nitrogens is 2. The Morgan fingerprint density at radius 2 is 2.33 bits per heavy atom. The van der Waals surface area contributed by atoms with Gasteiger partial charge in [0, 0.05) is 18.9 Å². The smallest absolute Gasteiger partial charge is 0.251 e. The van der Waals surface area contributed by atoms with Gasteiger partial charge in [-0.05, 0) is 19.4 Å². The van der Waals surface area contributed by atoms with Crippen molar-refractivity contribution in [1.82, 2.24) is 15.3 Å². The summed E-state index contributed by atoms with van der Waals surface area (Å²) >= 11 is 0. The van der Waals surface area contributed by atoms with Gasteiger partial charge in [0.05, 0.1) is 0 Å². The first-order valence-corrected chi connectivity index (χ1v) is 4.98. The van der Waals surface area contributed by atoms with E-state index in [4.69, 9.17) is 10.00 Å². The van der Waals surface area contributed by atoms with Crippen LogP contribution in [0.1, 0.15) is 18.5 Å². The minimum atomic E-state index is 0.0996. The first-order chi connectivity index (χ1) is 7.40. The minimum Gasteiger partial charge on any atom is -0.471 e. The molecule has 0 aromatic carbocycles. The van der Waals surface area contributed by atoms with E-state index in [9.17, 15) is 0 Å². The van der Waals surface area contributed by atoms with Gasteiger partial charge >= 0.3 is 0 Å². The van der Waals surface area contributed by atoms with Gasteiger partial charge in [0.2, 0.25) is 5.69 Å². The van der Waals surface area contributed by atoms with Crippen molar-refractivity contribution in [3.05, 3.63) is 18.1 Å². The monoisotopic (exact) mass is 204 g/mol. The normalized spacial score (nSPS) is 20.6. The molecule has 0 amide bonds. The second kappa shape index (κ2) is 4.71. The summed E-state index contributed by atoms with van der Waals surface area (Å²) < 4.78 is 5.62. The van der Waals surface area contributed by atoms with E-state index in [0.717, 1.165) is 25.9 Å². The molecule has 1 aromatic rings. The summed E-state index contributed by atoms with van der Waals surface area (Å²) in [4.78, 5) is 7.90. The van der Waals surface area contributed by atoms with Gasteiger partial charge in [-0.2, -0.15) is 5.26 Å². The van der Waals surface area contributed by atoms with Gasteiger partial charge in [-0.1, -0.05) is 0 Å². The van der Waals surface area contributed by atoms with Gasteiger partial charge < -0.3 is 10.1 Å². The summed E-state index contributed by atoms with van der Waals surface area (Å²) in [6.45, 7) is 1.84. The largest absolute Gasteiger partial charge is 0.471 e. The maximum Gasteiger partial charge on any atom is 0.251 e. The Morgan fingerprint density at radius 3 is 3.07 bits per heavy atom. The van der Waals surface area contributed by atoms with Gasteiger partial charge in [0.15, 0.2) is 0 Å². The standard InChI is InChI=1S/C10H12N4O/c11-6-9-10(14-5-4-13-9)15-8-2-1-3-12-7-8/h4-5,8,12H,1-3,7H2/t8-/m0/s1. The summed E-state index contributed by atoms with van der Waals surface area (Å²) in [5.41, 5.74) is 0.253. The zero-order chi connectivity index (χ0) is 10.5. The van der Waals surface area contributed by atoms with Crippen LogP contribution in [0.4, 0.5) is 0 Å². The van der Waals surface area contributed by atoms with Crippen molar-refractivity contribution in [3.63, 3.8) is 0 Å². The molecule has 1 fully saturated rings. The molecule has 1 aliphatic heterocycles. The van der Waals surface area contributed by atoms with E-state index in [0.29, 0.717) is 5.88 Å². The van der Waals surface area contributed by atoms with Crippen molar-refractivity contribution in [1.29, 1.82) is 5.26 Å². The van der Waals surface area contributed by atoms with E-state index in [-0.39, 0.29) is 11.8 Å². The predicted octanol–water partition coefficient (Wildman–Crippen LogP) is 0.479. The van der Waals surface area contributed by atoms with Crippen LogP contribution in [-0.2, 0) is 0 Å². The molecular weight excluding hydrogens is 192 g/mol. The third-order valence-electron chi connectivity index (χ3n) is 2.30. The highest BCUT2D eigenvalue weighted by molar-refractivity contribution is 5.30. The third kappa shape index (κ3) is 2.42. The molecule has 1 atom stereocenters. The van der Waals surface area contributed by atoms with E-state index in [1.165, 1.54) is 12.4 Å². The molecule has 5 heteroatoms. The lowest BCUT2D eigenvalue weighted by atomic mass is 10.1.